The van der Waals surface area contributed by atoms with Gasteiger partial charge in [0, 0.05) is 12.5 Å². The van der Waals surface area contributed by atoms with Gasteiger partial charge < -0.3 is 27.0 Å². The first-order valence-corrected chi connectivity index (χ1v) is 16.5. The van der Waals surface area contributed by atoms with Crippen molar-refractivity contribution >= 4 is 35.4 Å². The van der Waals surface area contributed by atoms with E-state index in [1.807, 2.05) is 50.4 Å². The Balaban J connectivity index is 1.35. The van der Waals surface area contributed by atoms with Gasteiger partial charge in [0.2, 0.25) is 23.6 Å². The molecule has 9 nitrogen and oxygen atoms in total. The Hall–Kier alpha value is -2.59. The predicted molar refractivity (Wildman–Crippen MR) is 162 cm³/mol. The Labute approximate surface area is 248 Å². The molecule has 3 atom stereocenters. The number of rotatable bonds is 14. The number of benzene rings is 1. The third-order valence-electron chi connectivity index (χ3n) is 9.16. The first kappa shape index (κ1) is 31.3. The summed E-state index contributed by atoms with van der Waals surface area (Å²) in [7, 11) is 0. The highest BCUT2D eigenvalue weighted by molar-refractivity contribution is 7.98. The van der Waals surface area contributed by atoms with Crippen molar-refractivity contribution in [1.29, 1.82) is 0 Å². The number of carbonyl (C=O) groups is 4. The molecule has 0 heterocycles. The van der Waals surface area contributed by atoms with Crippen LogP contribution in [0.15, 0.2) is 30.3 Å². The molecule has 5 rings (SSSR count). The molecule has 10 heteroatoms. The fraction of sp³-hybridized carbons (Fsp3) is 0.677. The summed E-state index contributed by atoms with van der Waals surface area (Å²) < 4.78 is 0. The molecule has 0 spiro atoms. The molecule has 0 radical (unpaired) electrons. The normalized spacial score (nSPS) is 26.6. The maximum Gasteiger partial charge on any atom is 0.243 e. The molecule has 4 saturated carbocycles. The van der Waals surface area contributed by atoms with Crippen LogP contribution in [0.5, 0.6) is 0 Å². The number of hydrogen-bond acceptors (Lipinski definition) is 6. The van der Waals surface area contributed by atoms with Gasteiger partial charge in [-0.25, -0.2) is 0 Å². The number of amides is 4. The summed E-state index contributed by atoms with van der Waals surface area (Å²) in [6.45, 7) is 3.39. The van der Waals surface area contributed by atoms with Crippen LogP contribution in [-0.4, -0.2) is 66.3 Å². The van der Waals surface area contributed by atoms with E-state index in [2.05, 4.69) is 21.3 Å². The van der Waals surface area contributed by atoms with Gasteiger partial charge in [-0.2, -0.15) is 11.8 Å². The van der Waals surface area contributed by atoms with Crippen LogP contribution in [0.3, 0.4) is 0 Å². The van der Waals surface area contributed by atoms with E-state index in [0.29, 0.717) is 30.4 Å². The van der Waals surface area contributed by atoms with E-state index in [-0.39, 0.29) is 24.4 Å². The third-order valence-corrected chi connectivity index (χ3v) is 9.80. The van der Waals surface area contributed by atoms with E-state index in [9.17, 15) is 19.2 Å². The van der Waals surface area contributed by atoms with Crippen molar-refractivity contribution in [3.05, 3.63) is 35.9 Å². The monoisotopic (exact) mass is 585 g/mol. The van der Waals surface area contributed by atoms with Crippen LogP contribution in [0, 0.1) is 29.6 Å². The van der Waals surface area contributed by atoms with Crippen molar-refractivity contribution < 1.29 is 19.2 Å². The maximum atomic E-state index is 13.6. The highest BCUT2D eigenvalue weighted by atomic mass is 32.2. The zero-order valence-corrected chi connectivity index (χ0v) is 25.4. The lowest BCUT2D eigenvalue weighted by molar-refractivity contribution is -0.133. The van der Waals surface area contributed by atoms with Crippen LogP contribution in [0.1, 0.15) is 57.9 Å². The van der Waals surface area contributed by atoms with Gasteiger partial charge >= 0.3 is 0 Å². The molecule has 4 bridgehead atoms. The molecule has 1 aromatic rings. The van der Waals surface area contributed by atoms with Crippen molar-refractivity contribution in [3.8, 4) is 0 Å². The van der Waals surface area contributed by atoms with Crippen LogP contribution in [0.4, 0.5) is 0 Å². The minimum Gasteiger partial charge on any atom is -0.351 e. The van der Waals surface area contributed by atoms with Gasteiger partial charge in [-0.1, -0.05) is 44.2 Å². The van der Waals surface area contributed by atoms with Crippen LogP contribution < -0.4 is 27.0 Å². The molecular formula is C31H47N5O4S. The zero-order chi connectivity index (χ0) is 29.5. The molecule has 0 saturated heterocycles. The largest absolute Gasteiger partial charge is 0.351 e. The fourth-order valence-electron chi connectivity index (χ4n) is 7.10. The Kier molecular flexibility index (Phi) is 11.1. The number of nitrogens with two attached hydrogens (primary N) is 1. The fourth-order valence-corrected chi connectivity index (χ4v) is 7.57. The number of thioether (sulfide) groups is 1. The zero-order valence-electron chi connectivity index (χ0n) is 24.6. The molecule has 1 aromatic carbocycles. The highest BCUT2D eigenvalue weighted by Crippen LogP contribution is 2.53. The van der Waals surface area contributed by atoms with Gasteiger partial charge in [0.15, 0.2) is 0 Å². The van der Waals surface area contributed by atoms with E-state index in [0.717, 1.165) is 17.4 Å². The lowest BCUT2D eigenvalue weighted by atomic mass is 9.54. The number of carbonyl (C=O) groups excluding carboxylic acids is 4. The number of nitrogens with one attached hydrogen (secondary N) is 4. The maximum absolute atomic E-state index is 13.6. The first-order chi connectivity index (χ1) is 19.6. The molecule has 41 heavy (non-hydrogen) atoms. The summed E-state index contributed by atoms with van der Waals surface area (Å²) in [5, 5.41) is 11.6. The molecule has 4 amide bonds. The molecule has 0 unspecified atom stereocenters. The predicted octanol–water partition coefficient (Wildman–Crippen LogP) is 1.99. The van der Waals surface area contributed by atoms with Crippen molar-refractivity contribution in [3.63, 3.8) is 0 Å². The quantitative estimate of drug-likeness (QED) is 0.226. The molecule has 0 aliphatic heterocycles. The first-order valence-electron chi connectivity index (χ1n) is 15.1. The average molecular weight is 586 g/mol. The summed E-state index contributed by atoms with van der Waals surface area (Å²) in [5.41, 5.74) is 6.91. The second-order valence-corrected chi connectivity index (χ2v) is 13.6. The number of hydrogen-bond donors (Lipinski definition) is 5. The second kappa shape index (κ2) is 14.5. The van der Waals surface area contributed by atoms with Gasteiger partial charge in [0.05, 0.1) is 12.6 Å². The van der Waals surface area contributed by atoms with Crippen LogP contribution >= 0.6 is 11.8 Å². The van der Waals surface area contributed by atoms with Crippen molar-refractivity contribution in [2.75, 3.05) is 18.6 Å². The van der Waals surface area contributed by atoms with E-state index >= 15 is 0 Å². The Morgan fingerprint density at radius 1 is 0.878 bits per heavy atom. The van der Waals surface area contributed by atoms with E-state index in [4.69, 9.17) is 5.73 Å². The Morgan fingerprint density at radius 2 is 1.51 bits per heavy atom. The standard InChI is InChI=1S/C31H47N5O4S/c1-18(2)27(32)31(40)35-24(9-10-41-3)29(38)33-17-26(37)34-25(16-19-7-5-4-6-8-19)30(39)36-28-22-12-20-11-21(14-22)15-23(28)13-20/h4-8,18,20-25,27-28H,9-17,32H2,1-3H3,(H,33,38)(H,34,37)(H,35,40)(H,36,39)/t20?,21?,22?,23?,24-,25+,27+,28?/m1/s1. The molecule has 4 aliphatic rings. The minimum absolute atomic E-state index is 0.0726. The van der Waals surface area contributed by atoms with E-state index in [1.54, 1.807) is 11.8 Å². The van der Waals surface area contributed by atoms with E-state index in [1.165, 1.54) is 32.1 Å². The second-order valence-electron chi connectivity index (χ2n) is 12.6. The molecule has 4 aliphatic carbocycles. The van der Waals surface area contributed by atoms with Crippen molar-refractivity contribution in [1.82, 2.24) is 21.3 Å². The van der Waals surface area contributed by atoms with Gasteiger partial charge in [0.1, 0.15) is 12.1 Å². The molecule has 4 fully saturated rings. The van der Waals surface area contributed by atoms with E-state index < -0.39 is 35.8 Å². The van der Waals surface area contributed by atoms with Crippen LogP contribution in [0.25, 0.3) is 0 Å². The Morgan fingerprint density at radius 3 is 2.10 bits per heavy atom. The van der Waals surface area contributed by atoms with Crippen LogP contribution in [0.2, 0.25) is 0 Å². The topological polar surface area (TPSA) is 142 Å². The summed E-state index contributed by atoms with van der Waals surface area (Å²) in [4.78, 5) is 52.1. The average Bonchev–Trinajstić information content (AvgIpc) is 2.94. The summed E-state index contributed by atoms with van der Waals surface area (Å²) in [5.74, 6) is 1.79. The smallest absolute Gasteiger partial charge is 0.243 e. The van der Waals surface area contributed by atoms with Crippen molar-refractivity contribution in [2.24, 2.45) is 35.3 Å². The van der Waals surface area contributed by atoms with Gasteiger partial charge in [-0.3, -0.25) is 19.2 Å². The van der Waals surface area contributed by atoms with Crippen LogP contribution in [-0.2, 0) is 25.6 Å². The minimum atomic E-state index is -0.798. The Bertz CT molecular complexity index is 1040. The lowest BCUT2D eigenvalue weighted by Gasteiger charge is -2.54. The summed E-state index contributed by atoms with van der Waals surface area (Å²) in [6.07, 6.45) is 8.80. The highest BCUT2D eigenvalue weighted by Gasteiger charge is 2.49. The molecular weight excluding hydrogens is 538 g/mol. The van der Waals surface area contributed by atoms with Crippen molar-refractivity contribution in [2.45, 2.75) is 83.0 Å². The van der Waals surface area contributed by atoms with Gasteiger partial charge in [0.25, 0.3) is 0 Å². The summed E-state index contributed by atoms with van der Waals surface area (Å²) >= 11 is 1.56. The SMILES string of the molecule is CSCC[C@@H](NC(=O)[C@@H](N)C(C)C)C(=O)NCC(=O)N[C@@H](Cc1ccccc1)C(=O)NC1C2CC3CC(C2)CC1C3. The molecule has 0 aromatic heterocycles. The van der Waals surface area contributed by atoms with Gasteiger partial charge in [-0.05, 0) is 85.7 Å². The lowest BCUT2D eigenvalue weighted by Crippen LogP contribution is -2.60. The molecule has 226 valence electrons. The van der Waals surface area contributed by atoms with Gasteiger partial charge in [-0.15, -0.1) is 0 Å². The molecule has 6 N–H and O–H groups in total. The summed E-state index contributed by atoms with van der Waals surface area (Å²) in [6, 6.07) is 7.52. The third kappa shape index (κ3) is 8.47.